The number of carbonyl (C=O) groups excluding carboxylic acids is 1. The molecule has 0 amide bonds. The van der Waals surface area contributed by atoms with Gasteiger partial charge in [-0.05, 0) is 48.7 Å². The van der Waals surface area contributed by atoms with E-state index in [9.17, 15) is 22.4 Å². The van der Waals surface area contributed by atoms with Crippen LogP contribution in [0.2, 0.25) is 0 Å². The highest BCUT2D eigenvalue weighted by atomic mass is 19.2. The van der Waals surface area contributed by atoms with Gasteiger partial charge in [0.25, 0.3) is 0 Å². The number of hydrogen-bond acceptors (Lipinski definition) is 3. The minimum absolute atomic E-state index is 0.00105. The minimum atomic E-state index is -1.58. The lowest BCUT2D eigenvalue weighted by atomic mass is 10.1. The van der Waals surface area contributed by atoms with Crippen molar-refractivity contribution in [1.82, 2.24) is 0 Å². The number of fused-ring (bicyclic) bond motifs is 1. The molecule has 0 N–H and O–H groups in total. The molecule has 0 aromatic heterocycles. The van der Waals surface area contributed by atoms with Crippen molar-refractivity contribution in [3.05, 3.63) is 71.3 Å². The summed E-state index contributed by atoms with van der Waals surface area (Å²) < 4.78 is 64.4. The van der Waals surface area contributed by atoms with Crippen LogP contribution in [0.15, 0.2) is 42.5 Å². The monoisotopic (exact) mass is 364 g/mol. The maximum Gasteiger partial charge on any atom is 0.346 e. The van der Waals surface area contributed by atoms with Crippen LogP contribution in [0.3, 0.4) is 0 Å². The van der Waals surface area contributed by atoms with Gasteiger partial charge in [-0.2, -0.15) is 0 Å². The van der Waals surface area contributed by atoms with Crippen LogP contribution in [0.4, 0.5) is 17.6 Å². The van der Waals surface area contributed by atoms with Gasteiger partial charge in [-0.15, -0.1) is 0 Å². The van der Waals surface area contributed by atoms with E-state index in [2.05, 4.69) is 0 Å². The van der Waals surface area contributed by atoms with Crippen molar-refractivity contribution in [2.75, 3.05) is 6.61 Å². The van der Waals surface area contributed by atoms with E-state index in [0.717, 1.165) is 24.3 Å². The third-order valence-corrected chi connectivity index (χ3v) is 3.63. The molecule has 0 saturated heterocycles. The standard InChI is InChI=1S/C19H12F4O3/c1-2-25-11-3-6-14(15(20)9-11)19(24)26-12-4-5-13-10(7-12)8-16(21)18(23)17(13)22/h3-9H,2H2,1H3. The maximum absolute atomic E-state index is 14.0. The van der Waals surface area contributed by atoms with Gasteiger partial charge in [0.1, 0.15) is 17.3 Å². The topological polar surface area (TPSA) is 35.5 Å². The van der Waals surface area contributed by atoms with E-state index in [-0.39, 0.29) is 27.8 Å². The summed E-state index contributed by atoms with van der Waals surface area (Å²) in [7, 11) is 0. The third-order valence-electron chi connectivity index (χ3n) is 3.63. The molecule has 3 aromatic rings. The zero-order valence-corrected chi connectivity index (χ0v) is 13.5. The first kappa shape index (κ1) is 17.7. The van der Waals surface area contributed by atoms with Crippen molar-refractivity contribution < 1.29 is 31.8 Å². The highest BCUT2D eigenvalue weighted by molar-refractivity contribution is 5.92. The van der Waals surface area contributed by atoms with Gasteiger partial charge in [-0.3, -0.25) is 0 Å². The van der Waals surface area contributed by atoms with Crippen LogP contribution < -0.4 is 9.47 Å². The predicted molar refractivity (Wildman–Crippen MR) is 86.3 cm³/mol. The SMILES string of the molecule is CCOc1ccc(C(=O)Oc2ccc3c(F)c(F)c(F)cc3c2)c(F)c1. The highest BCUT2D eigenvalue weighted by Gasteiger charge is 2.17. The van der Waals surface area contributed by atoms with Gasteiger partial charge in [0.15, 0.2) is 17.5 Å². The summed E-state index contributed by atoms with van der Waals surface area (Å²) in [6, 6.07) is 7.95. The second kappa shape index (κ2) is 7.03. The molecule has 0 aliphatic heterocycles. The highest BCUT2D eigenvalue weighted by Crippen LogP contribution is 2.27. The van der Waals surface area contributed by atoms with E-state index in [0.29, 0.717) is 6.61 Å². The molecule has 0 saturated carbocycles. The Labute approximate surface area is 145 Å². The van der Waals surface area contributed by atoms with E-state index in [1.165, 1.54) is 18.2 Å². The molecule has 0 aliphatic carbocycles. The molecule has 0 unspecified atom stereocenters. The Kier molecular flexibility index (Phi) is 4.79. The van der Waals surface area contributed by atoms with Crippen molar-refractivity contribution in [1.29, 1.82) is 0 Å². The lowest BCUT2D eigenvalue weighted by Crippen LogP contribution is -2.11. The Morgan fingerprint density at radius 1 is 0.885 bits per heavy atom. The summed E-state index contributed by atoms with van der Waals surface area (Å²) in [5.41, 5.74) is -0.329. The Morgan fingerprint density at radius 2 is 1.62 bits per heavy atom. The van der Waals surface area contributed by atoms with Gasteiger partial charge < -0.3 is 9.47 Å². The molecule has 26 heavy (non-hydrogen) atoms. The van der Waals surface area contributed by atoms with Crippen LogP contribution in [0.1, 0.15) is 17.3 Å². The van der Waals surface area contributed by atoms with Gasteiger partial charge >= 0.3 is 5.97 Å². The van der Waals surface area contributed by atoms with E-state index >= 15 is 0 Å². The van der Waals surface area contributed by atoms with E-state index in [4.69, 9.17) is 9.47 Å². The maximum atomic E-state index is 14.0. The molecule has 134 valence electrons. The number of halogens is 4. The average molecular weight is 364 g/mol. The average Bonchev–Trinajstić information content (AvgIpc) is 2.60. The summed E-state index contributed by atoms with van der Waals surface area (Å²) in [5, 5.41) is -0.171. The first-order chi connectivity index (χ1) is 12.4. The summed E-state index contributed by atoms with van der Waals surface area (Å²) in [6.45, 7) is 2.07. The Bertz CT molecular complexity index is 1000. The molecule has 7 heteroatoms. The fourth-order valence-electron chi connectivity index (χ4n) is 2.43. The third kappa shape index (κ3) is 3.33. The van der Waals surface area contributed by atoms with Crippen molar-refractivity contribution in [2.24, 2.45) is 0 Å². The predicted octanol–water partition coefficient (Wildman–Crippen LogP) is 5.01. The number of hydrogen-bond donors (Lipinski definition) is 0. The number of esters is 1. The molecule has 0 heterocycles. The number of carbonyl (C=O) groups is 1. The van der Waals surface area contributed by atoms with Gasteiger partial charge in [0.05, 0.1) is 12.2 Å². The van der Waals surface area contributed by atoms with Crippen LogP contribution in [-0.4, -0.2) is 12.6 Å². The molecule has 3 aromatic carbocycles. The molecule has 0 spiro atoms. The summed E-state index contributed by atoms with van der Waals surface area (Å²) in [4.78, 5) is 12.1. The molecular formula is C19H12F4O3. The Balaban J connectivity index is 1.89. The molecule has 3 nitrogen and oxygen atoms in total. The van der Waals surface area contributed by atoms with Crippen molar-refractivity contribution >= 4 is 16.7 Å². The normalized spacial score (nSPS) is 10.8. The first-order valence-corrected chi connectivity index (χ1v) is 7.62. The lowest BCUT2D eigenvalue weighted by molar-refractivity contribution is 0.0730. The smallest absolute Gasteiger partial charge is 0.346 e. The number of rotatable bonds is 4. The second-order valence-electron chi connectivity index (χ2n) is 5.33. The lowest BCUT2D eigenvalue weighted by Gasteiger charge is -2.09. The number of ether oxygens (including phenoxy) is 2. The summed E-state index contributed by atoms with van der Waals surface area (Å²) in [5.74, 6) is -5.92. The van der Waals surface area contributed by atoms with Crippen molar-refractivity contribution in [3.63, 3.8) is 0 Å². The molecule has 0 radical (unpaired) electrons. The zero-order chi connectivity index (χ0) is 18.8. The molecule has 0 bridgehead atoms. The van der Waals surface area contributed by atoms with Crippen LogP contribution in [-0.2, 0) is 0 Å². The first-order valence-electron chi connectivity index (χ1n) is 7.62. The largest absolute Gasteiger partial charge is 0.494 e. The molecular weight excluding hydrogens is 352 g/mol. The number of benzene rings is 3. The minimum Gasteiger partial charge on any atom is -0.494 e. The van der Waals surface area contributed by atoms with E-state index < -0.39 is 29.2 Å². The summed E-state index contributed by atoms with van der Waals surface area (Å²) >= 11 is 0. The Hall–Kier alpha value is -3.09. The van der Waals surface area contributed by atoms with Crippen LogP contribution in [0, 0.1) is 23.3 Å². The van der Waals surface area contributed by atoms with Crippen LogP contribution in [0.5, 0.6) is 11.5 Å². The molecule has 0 aliphatic rings. The fourth-order valence-corrected chi connectivity index (χ4v) is 2.43. The molecule has 0 fully saturated rings. The zero-order valence-electron chi connectivity index (χ0n) is 13.5. The van der Waals surface area contributed by atoms with E-state index in [1.807, 2.05) is 0 Å². The van der Waals surface area contributed by atoms with Crippen LogP contribution in [0.25, 0.3) is 10.8 Å². The second-order valence-corrected chi connectivity index (χ2v) is 5.33. The Morgan fingerprint density at radius 3 is 2.31 bits per heavy atom. The van der Waals surface area contributed by atoms with Crippen molar-refractivity contribution in [3.8, 4) is 11.5 Å². The quantitative estimate of drug-likeness (QED) is 0.282. The van der Waals surface area contributed by atoms with Gasteiger partial charge in [-0.1, -0.05) is 0 Å². The molecule has 3 rings (SSSR count). The van der Waals surface area contributed by atoms with Crippen LogP contribution >= 0.6 is 0 Å². The van der Waals surface area contributed by atoms with Gasteiger partial charge in [-0.25, -0.2) is 22.4 Å². The van der Waals surface area contributed by atoms with Gasteiger partial charge in [0.2, 0.25) is 0 Å². The van der Waals surface area contributed by atoms with Gasteiger partial charge in [0, 0.05) is 11.5 Å². The van der Waals surface area contributed by atoms with Crippen molar-refractivity contribution in [2.45, 2.75) is 6.92 Å². The summed E-state index contributed by atoms with van der Waals surface area (Å²) in [6.07, 6.45) is 0. The molecule has 0 atom stereocenters. The van der Waals surface area contributed by atoms with E-state index in [1.54, 1.807) is 6.92 Å². The fraction of sp³-hybridized carbons (Fsp3) is 0.105.